The van der Waals surface area contributed by atoms with Crippen molar-refractivity contribution in [2.24, 2.45) is 0 Å². The first kappa shape index (κ1) is 380. The Labute approximate surface area is 70.4 Å². The molecule has 0 aromatic carbocycles. The molecule has 0 aliphatic heterocycles. The van der Waals surface area contributed by atoms with Gasteiger partial charge in [0.05, 0.1) is 0 Å². The minimum Gasteiger partial charge on any atom is -0.412 e. The summed E-state index contributed by atoms with van der Waals surface area (Å²) in [6.45, 7) is 0. The Morgan fingerprint density at radius 2 is 0.286 bits per heavy atom. The molecule has 0 aliphatic rings. The van der Waals surface area contributed by atoms with Crippen molar-refractivity contribution in [2.45, 2.75) is 0 Å². The summed E-state index contributed by atoms with van der Waals surface area (Å²) < 4.78 is 0. The summed E-state index contributed by atoms with van der Waals surface area (Å²) in [6.07, 6.45) is 0. The second kappa shape index (κ2) is 245. The monoisotopic (exact) mass is 148 g/mol. The average Bonchev–Trinajstić information content (AvgIpc) is 0. The van der Waals surface area contributed by atoms with Crippen LogP contribution in [-0.4, -0.2) is 70.6 Å². The molecule has 0 bridgehead atoms. The Bertz CT molecular complexity index is 4.14. The zero-order chi connectivity index (χ0) is 0. The van der Waals surface area contributed by atoms with E-state index in [1.165, 1.54) is 0 Å². The van der Waals surface area contributed by atoms with Crippen LogP contribution in [0.3, 0.4) is 0 Å². The smallest absolute Gasteiger partial charge is 0 e. The maximum atomic E-state index is 0. The van der Waals surface area contributed by atoms with E-state index in [1.54, 1.807) is 0 Å². The minimum absolute atomic E-state index is 0. The van der Waals surface area contributed by atoms with Crippen LogP contribution < -0.4 is 0 Å². The molecule has 0 amide bonds. The standard InChI is InChI=1S/Ca.6H2O/h;6*1H2. The predicted molar refractivity (Wildman–Crippen MR) is 27.4 cm³/mol. The zero-order valence-corrected chi connectivity index (χ0v) is 5.92. The fraction of sp³-hybridized carbons (Fsp3) is 0. The number of hydrogen-bond donors (Lipinski definition) is 0. The van der Waals surface area contributed by atoms with Gasteiger partial charge in [-0.2, -0.15) is 0 Å². The summed E-state index contributed by atoms with van der Waals surface area (Å²) >= 11 is 0. The Hall–Kier alpha value is 1.02. The van der Waals surface area contributed by atoms with Crippen LogP contribution in [0.4, 0.5) is 0 Å². The summed E-state index contributed by atoms with van der Waals surface area (Å²) in [5.41, 5.74) is 0. The van der Waals surface area contributed by atoms with Crippen molar-refractivity contribution in [3.05, 3.63) is 0 Å². The molecule has 50 valence electrons. The van der Waals surface area contributed by atoms with Crippen molar-refractivity contribution in [1.29, 1.82) is 0 Å². The first-order valence-electron chi connectivity index (χ1n) is 0. The second-order valence-electron chi connectivity index (χ2n) is 0. The SMILES string of the molecule is O.O.O.O.O.O.[Ca]. The van der Waals surface area contributed by atoms with Crippen LogP contribution in [0.2, 0.25) is 0 Å². The Kier molecular flexibility index (Phi) is 13300. The Morgan fingerprint density at radius 3 is 0.286 bits per heavy atom. The predicted octanol–water partition coefficient (Wildman–Crippen LogP) is -5.33. The topological polar surface area (TPSA) is 189 Å². The van der Waals surface area contributed by atoms with Gasteiger partial charge in [-0.05, 0) is 0 Å². The van der Waals surface area contributed by atoms with Crippen LogP contribution in [0.15, 0.2) is 0 Å². The van der Waals surface area contributed by atoms with Gasteiger partial charge in [-0.15, -0.1) is 0 Å². The number of hydrogen-bond acceptors (Lipinski definition) is 0. The van der Waals surface area contributed by atoms with Gasteiger partial charge < -0.3 is 32.9 Å². The van der Waals surface area contributed by atoms with Gasteiger partial charge in [-0.1, -0.05) is 0 Å². The molecule has 0 aromatic rings. The van der Waals surface area contributed by atoms with E-state index in [2.05, 4.69) is 0 Å². The van der Waals surface area contributed by atoms with Crippen LogP contribution in [0.25, 0.3) is 0 Å². The first-order valence-corrected chi connectivity index (χ1v) is 0. The molecule has 0 spiro atoms. The summed E-state index contributed by atoms with van der Waals surface area (Å²) in [4.78, 5) is 0. The van der Waals surface area contributed by atoms with Gasteiger partial charge in [0, 0.05) is 37.7 Å². The van der Waals surface area contributed by atoms with E-state index in [-0.39, 0.29) is 70.6 Å². The molecule has 0 rings (SSSR count). The summed E-state index contributed by atoms with van der Waals surface area (Å²) in [6, 6.07) is 0. The maximum absolute atomic E-state index is 0. The van der Waals surface area contributed by atoms with Crippen LogP contribution in [0.1, 0.15) is 0 Å². The molecular formula is H12CaO6. The first-order chi connectivity index (χ1) is 0. The van der Waals surface area contributed by atoms with Crippen LogP contribution >= 0.6 is 0 Å². The zero-order valence-electron chi connectivity index (χ0n) is 3.71. The third-order valence-corrected chi connectivity index (χ3v) is 0. The molecule has 7 heavy (non-hydrogen) atoms. The van der Waals surface area contributed by atoms with E-state index in [9.17, 15) is 0 Å². The third-order valence-electron chi connectivity index (χ3n) is 0. The molecule has 0 atom stereocenters. The molecule has 0 aromatic heterocycles. The quantitative estimate of drug-likeness (QED) is 0.296. The van der Waals surface area contributed by atoms with Gasteiger partial charge in [0.1, 0.15) is 0 Å². The summed E-state index contributed by atoms with van der Waals surface area (Å²) in [5, 5.41) is 0. The van der Waals surface area contributed by atoms with E-state index in [1.807, 2.05) is 0 Å². The normalized spacial score (nSPS) is 0. The van der Waals surface area contributed by atoms with E-state index in [4.69, 9.17) is 0 Å². The van der Waals surface area contributed by atoms with E-state index in [0.717, 1.165) is 0 Å². The maximum Gasteiger partial charge on any atom is 0 e. The van der Waals surface area contributed by atoms with Crippen molar-refractivity contribution in [3.8, 4) is 0 Å². The second-order valence-corrected chi connectivity index (χ2v) is 0. The van der Waals surface area contributed by atoms with Crippen LogP contribution in [0, 0.1) is 0 Å². The van der Waals surface area contributed by atoms with Crippen molar-refractivity contribution < 1.29 is 32.9 Å². The van der Waals surface area contributed by atoms with Gasteiger partial charge in [-0.3, -0.25) is 0 Å². The van der Waals surface area contributed by atoms with Crippen molar-refractivity contribution >= 4 is 37.7 Å². The molecule has 6 nitrogen and oxygen atoms in total. The molecule has 0 saturated heterocycles. The molecule has 0 fully saturated rings. The van der Waals surface area contributed by atoms with Gasteiger partial charge in [0.15, 0.2) is 0 Å². The molecule has 0 saturated carbocycles. The Balaban J connectivity index is 0. The largest absolute Gasteiger partial charge is 0.412 e. The van der Waals surface area contributed by atoms with Gasteiger partial charge in [0.2, 0.25) is 0 Å². The molecule has 0 heterocycles. The molecule has 0 aliphatic carbocycles. The minimum atomic E-state index is 0. The van der Waals surface area contributed by atoms with E-state index < -0.39 is 0 Å². The number of rotatable bonds is 0. The Morgan fingerprint density at radius 1 is 0.286 bits per heavy atom. The average molecular weight is 148 g/mol. The van der Waals surface area contributed by atoms with Gasteiger partial charge in [0.25, 0.3) is 0 Å². The molecule has 12 N–H and O–H groups in total. The molecule has 7 heteroatoms. The fourth-order valence-electron chi connectivity index (χ4n) is 0. The van der Waals surface area contributed by atoms with E-state index >= 15 is 0 Å². The van der Waals surface area contributed by atoms with E-state index in [0.29, 0.717) is 0 Å². The van der Waals surface area contributed by atoms with Gasteiger partial charge >= 0.3 is 0 Å². The van der Waals surface area contributed by atoms with Crippen LogP contribution in [-0.2, 0) is 0 Å². The fourth-order valence-corrected chi connectivity index (χ4v) is 0. The van der Waals surface area contributed by atoms with Crippen LogP contribution in [0.5, 0.6) is 0 Å². The summed E-state index contributed by atoms with van der Waals surface area (Å²) in [5.74, 6) is 0. The molecular weight excluding hydrogens is 136 g/mol. The van der Waals surface area contributed by atoms with Crippen molar-refractivity contribution in [2.75, 3.05) is 0 Å². The molecule has 2 radical (unpaired) electrons. The van der Waals surface area contributed by atoms with Gasteiger partial charge in [-0.25, -0.2) is 0 Å². The molecule has 0 unspecified atom stereocenters. The van der Waals surface area contributed by atoms with Crippen molar-refractivity contribution in [1.82, 2.24) is 0 Å². The summed E-state index contributed by atoms with van der Waals surface area (Å²) in [7, 11) is 0. The third kappa shape index (κ3) is 170. The van der Waals surface area contributed by atoms with Crippen molar-refractivity contribution in [3.63, 3.8) is 0 Å².